The van der Waals surface area contributed by atoms with Crippen molar-refractivity contribution in [3.63, 3.8) is 0 Å². The van der Waals surface area contributed by atoms with Crippen molar-refractivity contribution < 1.29 is 8.42 Å². The largest absolute Gasteiger partial charge is 0.224 e. The van der Waals surface area contributed by atoms with Gasteiger partial charge in [0.2, 0.25) is 0 Å². The Labute approximate surface area is 170 Å². The van der Waals surface area contributed by atoms with Crippen LogP contribution in [0.2, 0.25) is 5.02 Å². The first-order chi connectivity index (χ1) is 12.8. The highest BCUT2D eigenvalue weighted by Gasteiger charge is 2.34. The molecule has 0 aliphatic heterocycles. The number of thioether (sulfide) groups is 1. The summed E-state index contributed by atoms with van der Waals surface area (Å²) in [6, 6.07) is 24.3. The van der Waals surface area contributed by atoms with E-state index < -0.39 is 14.6 Å². The maximum atomic E-state index is 13.1. The van der Waals surface area contributed by atoms with E-state index in [0.717, 1.165) is 10.5 Å². The number of aryl methyl sites for hydroxylation is 1. The van der Waals surface area contributed by atoms with Gasteiger partial charge in [0.15, 0.2) is 9.84 Å². The summed E-state index contributed by atoms with van der Waals surface area (Å²) in [5.41, 5.74) is 2.16. The molecule has 0 saturated heterocycles. The first-order valence-electron chi connectivity index (χ1n) is 8.58. The van der Waals surface area contributed by atoms with Crippen LogP contribution in [0.5, 0.6) is 0 Å². The zero-order valence-electron chi connectivity index (χ0n) is 15.2. The van der Waals surface area contributed by atoms with E-state index in [1.165, 1.54) is 5.56 Å². The van der Waals surface area contributed by atoms with Crippen LogP contribution in [0.1, 0.15) is 18.1 Å². The molecule has 2 nitrogen and oxygen atoms in total. The van der Waals surface area contributed by atoms with Gasteiger partial charge in [-0.1, -0.05) is 59.6 Å². The summed E-state index contributed by atoms with van der Waals surface area (Å²) < 4.78 is 25.6. The lowest BCUT2D eigenvalue weighted by Crippen LogP contribution is -2.28. The monoisotopic (exact) mass is 416 g/mol. The maximum Gasteiger partial charge on any atom is 0.180 e. The Kier molecular flexibility index (Phi) is 5.99. The third-order valence-electron chi connectivity index (χ3n) is 4.39. The zero-order valence-corrected chi connectivity index (χ0v) is 17.6. The average Bonchev–Trinajstić information content (AvgIpc) is 2.64. The Hall–Kier alpha value is -1.75. The van der Waals surface area contributed by atoms with Gasteiger partial charge in [0, 0.05) is 9.92 Å². The molecule has 0 saturated carbocycles. The molecule has 3 rings (SSSR count). The molecule has 0 unspecified atom stereocenters. The summed E-state index contributed by atoms with van der Waals surface area (Å²) >= 11 is 7.48. The maximum absolute atomic E-state index is 13.1. The standard InChI is InChI=1S/C22H21ClO2S2/c1-17-8-12-20(13-9-17)26-22(2,18-6-4-3-5-7-18)16-27(24,25)21-14-10-19(23)11-15-21/h3-15H,16H2,1-2H3/t22-/m0/s1. The van der Waals surface area contributed by atoms with Crippen molar-refractivity contribution in [1.82, 2.24) is 0 Å². The van der Waals surface area contributed by atoms with Crippen molar-refractivity contribution in [1.29, 1.82) is 0 Å². The average molecular weight is 417 g/mol. The molecule has 27 heavy (non-hydrogen) atoms. The lowest BCUT2D eigenvalue weighted by atomic mass is 10.0. The summed E-state index contributed by atoms with van der Waals surface area (Å²) in [6.45, 7) is 4.02. The minimum absolute atomic E-state index is 0.00973. The van der Waals surface area contributed by atoms with Gasteiger partial charge in [-0.25, -0.2) is 8.42 Å². The van der Waals surface area contributed by atoms with Crippen LogP contribution < -0.4 is 0 Å². The molecule has 0 aromatic heterocycles. The summed E-state index contributed by atoms with van der Waals surface area (Å²) in [6.07, 6.45) is 0. The fourth-order valence-electron chi connectivity index (χ4n) is 2.92. The smallest absolute Gasteiger partial charge is 0.180 e. The molecular formula is C22H21ClO2S2. The van der Waals surface area contributed by atoms with E-state index in [9.17, 15) is 8.42 Å². The number of hydrogen-bond donors (Lipinski definition) is 0. The Morgan fingerprint density at radius 3 is 2.07 bits per heavy atom. The topological polar surface area (TPSA) is 34.1 Å². The number of rotatable bonds is 6. The number of benzene rings is 3. The summed E-state index contributed by atoms with van der Waals surface area (Å²) in [5, 5.41) is 0.522. The summed E-state index contributed by atoms with van der Waals surface area (Å²) in [5.74, 6) is -0.00973. The Balaban J connectivity index is 1.99. The van der Waals surface area contributed by atoms with E-state index in [1.807, 2.05) is 68.4 Å². The number of sulfone groups is 1. The van der Waals surface area contributed by atoms with Gasteiger partial charge in [-0.2, -0.15) is 0 Å². The molecule has 140 valence electrons. The van der Waals surface area contributed by atoms with E-state index in [2.05, 4.69) is 0 Å². The third-order valence-corrected chi connectivity index (χ3v) is 8.11. The van der Waals surface area contributed by atoms with E-state index in [0.29, 0.717) is 9.92 Å². The van der Waals surface area contributed by atoms with Crippen molar-refractivity contribution in [2.75, 3.05) is 5.75 Å². The van der Waals surface area contributed by atoms with Gasteiger partial charge in [-0.05, 0) is 55.8 Å². The second-order valence-electron chi connectivity index (χ2n) is 6.72. The Morgan fingerprint density at radius 1 is 0.889 bits per heavy atom. The van der Waals surface area contributed by atoms with Crippen LogP contribution in [0.4, 0.5) is 0 Å². The summed E-state index contributed by atoms with van der Waals surface area (Å²) in [4.78, 5) is 1.33. The molecule has 0 bridgehead atoms. The molecule has 3 aromatic carbocycles. The molecular weight excluding hydrogens is 396 g/mol. The molecule has 1 atom stereocenters. The first-order valence-corrected chi connectivity index (χ1v) is 11.4. The van der Waals surface area contributed by atoms with Gasteiger partial charge in [0.05, 0.1) is 15.4 Å². The molecule has 0 amide bonds. The fourth-order valence-corrected chi connectivity index (χ4v) is 6.40. The van der Waals surface area contributed by atoms with Crippen LogP contribution in [0.3, 0.4) is 0 Å². The minimum Gasteiger partial charge on any atom is -0.224 e. The van der Waals surface area contributed by atoms with Crippen LogP contribution in [0, 0.1) is 6.92 Å². The van der Waals surface area contributed by atoms with Gasteiger partial charge in [0.1, 0.15) is 0 Å². The van der Waals surface area contributed by atoms with Crippen molar-refractivity contribution in [2.45, 2.75) is 28.4 Å². The van der Waals surface area contributed by atoms with E-state index in [1.54, 1.807) is 36.0 Å². The SMILES string of the molecule is Cc1ccc(S[C@@](C)(CS(=O)(=O)c2ccc(Cl)cc2)c2ccccc2)cc1. The lowest BCUT2D eigenvalue weighted by molar-refractivity contribution is 0.586. The van der Waals surface area contributed by atoms with Gasteiger partial charge >= 0.3 is 0 Å². The van der Waals surface area contributed by atoms with Gasteiger partial charge in [-0.15, -0.1) is 11.8 Å². The predicted octanol–water partition coefficient (Wildman–Crippen LogP) is 6.13. The second kappa shape index (κ2) is 8.09. The molecule has 0 aliphatic carbocycles. The zero-order chi connectivity index (χ0) is 19.5. The van der Waals surface area contributed by atoms with Gasteiger partial charge < -0.3 is 0 Å². The van der Waals surface area contributed by atoms with Crippen LogP contribution >= 0.6 is 23.4 Å². The second-order valence-corrected chi connectivity index (χ2v) is 10.7. The molecule has 0 radical (unpaired) electrons. The predicted molar refractivity (Wildman–Crippen MR) is 114 cm³/mol. The molecule has 0 fully saturated rings. The van der Waals surface area contributed by atoms with Crippen molar-refractivity contribution in [3.8, 4) is 0 Å². The van der Waals surface area contributed by atoms with Crippen LogP contribution in [-0.2, 0) is 14.6 Å². The van der Waals surface area contributed by atoms with Crippen LogP contribution in [0.25, 0.3) is 0 Å². The molecule has 0 spiro atoms. The van der Waals surface area contributed by atoms with E-state index in [4.69, 9.17) is 11.6 Å². The molecule has 0 aliphatic rings. The van der Waals surface area contributed by atoms with E-state index in [-0.39, 0.29) is 5.75 Å². The highest BCUT2D eigenvalue weighted by atomic mass is 35.5. The number of halogens is 1. The normalized spacial score (nSPS) is 13.9. The molecule has 0 heterocycles. The molecule has 3 aromatic rings. The Morgan fingerprint density at radius 2 is 1.48 bits per heavy atom. The molecule has 5 heteroatoms. The van der Waals surface area contributed by atoms with E-state index >= 15 is 0 Å². The van der Waals surface area contributed by atoms with Crippen molar-refractivity contribution in [3.05, 3.63) is 95.0 Å². The van der Waals surface area contributed by atoms with Crippen molar-refractivity contribution in [2.24, 2.45) is 0 Å². The minimum atomic E-state index is -3.49. The van der Waals surface area contributed by atoms with Crippen LogP contribution in [0.15, 0.2) is 88.7 Å². The Bertz CT molecular complexity index is 998. The molecule has 0 N–H and O–H groups in total. The van der Waals surface area contributed by atoms with Crippen LogP contribution in [-0.4, -0.2) is 14.2 Å². The van der Waals surface area contributed by atoms with Gasteiger partial charge in [-0.3, -0.25) is 0 Å². The first kappa shape index (κ1) is 20.0. The lowest BCUT2D eigenvalue weighted by Gasteiger charge is -2.29. The van der Waals surface area contributed by atoms with Gasteiger partial charge in [0.25, 0.3) is 0 Å². The number of hydrogen-bond acceptors (Lipinski definition) is 3. The van der Waals surface area contributed by atoms with Crippen molar-refractivity contribution >= 4 is 33.2 Å². The fraction of sp³-hybridized carbons (Fsp3) is 0.182. The quantitative estimate of drug-likeness (QED) is 0.453. The summed E-state index contributed by atoms with van der Waals surface area (Å²) in [7, 11) is -3.49. The highest BCUT2D eigenvalue weighted by molar-refractivity contribution is 8.01. The highest BCUT2D eigenvalue weighted by Crippen LogP contribution is 2.43. The third kappa shape index (κ3) is 4.95.